The first-order valence-corrected chi connectivity index (χ1v) is 9.41. The van der Waals surface area contributed by atoms with Crippen LogP contribution in [0.4, 0.5) is 13.2 Å². The molecule has 0 unspecified atom stereocenters. The van der Waals surface area contributed by atoms with E-state index >= 15 is 0 Å². The average Bonchev–Trinajstić information content (AvgIpc) is 2.65. The lowest BCUT2D eigenvalue weighted by Crippen LogP contribution is -2.40. The summed E-state index contributed by atoms with van der Waals surface area (Å²) in [7, 11) is 3.42. The molecule has 1 saturated heterocycles. The van der Waals surface area contributed by atoms with Gasteiger partial charge in [-0.3, -0.25) is 4.79 Å². The van der Waals surface area contributed by atoms with Crippen LogP contribution in [-0.4, -0.2) is 62.7 Å². The van der Waals surface area contributed by atoms with Crippen LogP contribution in [0.25, 0.3) is 0 Å². The van der Waals surface area contributed by atoms with Crippen molar-refractivity contribution >= 4 is 5.91 Å². The Bertz CT molecular complexity index is 599. The Balaban J connectivity index is 1.73. The molecule has 0 aromatic heterocycles. The summed E-state index contributed by atoms with van der Waals surface area (Å²) in [6.45, 7) is 3.80. The second kappa shape index (κ2) is 10.1. The number of ether oxygens (including phenoxy) is 1. The summed E-state index contributed by atoms with van der Waals surface area (Å²) in [6.07, 6.45) is -1.26. The molecule has 0 saturated carbocycles. The van der Waals surface area contributed by atoms with Gasteiger partial charge in [-0.25, -0.2) is 0 Å². The summed E-state index contributed by atoms with van der Waals surface area (Å²) in [4.78, 5) is 16.0. The number of hydrogen-bond donors (Lipinski definition) is 0. The molecule has 0 spiro atoms. The van der Waals surface area contributed by atoms with Crippen LogP contribution in [0.2, 0.25) is 0 Å². The maximum Gasteiger partial charge on any atom is 0.416 e. The Morgan fingerprint density at radius 1 is 1.30 bits per heavy atom. The molecule has 7 heteroatoms. The van der Waals surface area contributed by atoms with Gasteiger partial charge < -0.3 is 14.5 Å². The van der Waals surface area contributed by atoms with Gasteiger partial charge in [0, 0.05) is 27.2 Å². The van der Waals surface area contributed by atoms with E-state index in [4.69, 9.17) is 4.74 Å². The Labute approximate surface area is 159 Å². The minimum Gasteiger partial charge on any atom is -0.384 e. The molecule has 0 aliphatic carbocycles. The fraction of sp³-hybridized carbons (Fsp3) is 0.650. The molecule has 1 amide bonds. The highest BCUT2D eigenvalue weighted by Crippen LogP contribution is 2.29. The SMILES string of the molecule is COCCC(=O)N(C)CC1CCN(CCc2cccc(C(F)(F)F)c2)CC1. The number of halogens is 3. The highest BCUT2D eigenvalue weighted by atomic mass is 19.4. The van der Waals surface area contributed by atoms with Crippen LogP contribution < -0.4 is 0 Å². The Hall–Kier alpha value is -1.60. The molecule has 1 aliphatic rings. The van der Waals surface area contributed by atoms with Crippen molar-refractivity contribution in [2.45, 2.75) is 31.9 Å². The fourth-order valence-corrected chi connectivity index (χ4v) is 3.45. The van der Waals surface area contributed by atoms with Gasteiger partial charge in [-0.2, -0.15) is 13.2 Å². The minimum absolute atomic E-state index is 0.101. The van der Waals surface area contributed by atoms with Crippen molar-refractivity contribution in [2.75, 3.05) is 46.9 Å². The summed E-state index contributed by atoms with van der Waals surface area (Å²) >= 11 is 0. The fourth-order valence-electron chi connectivity index (χ4n) is 3.45. The molecule has 152 valence electrons. The molecule has 1 aromatic carbocycles. The zero-order chi connectivity index (χ0) is 19.9. The molecule has 27 heavy (non-hydrogen) atoms. The van der Waals surface area contributed by atoms with Crippen molar-refractivity contribution in [3.8, 4) is 0 Å². The molecule has 1 fully saturated rings. The zero-order valence-corrected chi connectivity index (χ0v) is 16.1. The first-order valence-electron chi connectivity index (χ1n) is 9.41. The van der Waals surface area contributed by atoms with Gasteiger partial charge in [0.25, 0.3) is 0 Å². The normalized spacial score (nSPS) is 16.5. The largest absolute Gasteiger partial charge is 0.416 e. The first kappa shape index (κ1) is 21.7. The van der Waals surface area contributed by atoms with E-state index in [9.17, 15) is 18.0 Å². The maximum absolute atomic E-state index is 12.8. The molecular formula is C20H29F3N2O2. The van der Waals surface area contributed by atoms with Crippen LogP contribution in [0.5, 0.6) is 0 Å². The summed E-state index contributed by atoms with van der Waals surface area (Å²) in [5, 5.41) is 0. The maximum atomic E-state index is 12.8. The van der Waals surface area contributed by atoms with Crippen LogP contribution in [0, 0.1) is 5.92 Å². The van der Waals surface area contributed by atoms with E-state index in [-0.39, 0.29) is 5.91 Å². The lowest BCUT2D eigenvalue weighted by molar-refractivity contribution is -0.137. The van der Waals surface area contributed by atoms with E-state index in [1.54, 1.807) is 18.1 Å². The van der Waals surface area contributed by atoms with Crippen LogP contribution in [-0.2, 0) is 22.1 Å². The van der Waals surface area contributed by atoms with Crippen molar-refractivity contribution in [2.24, 2.45) is 5.92 Å². The third-order valence-corrected chi connectivity index (χ3v) is 5.16. The predicted molar refractivity (Wildman–Crippen MR) is 98.4 cm³/mol. The molecular weight excluding hydrogens is 357 g/mol. The lowest BCUT2D eigenvalue weighted by atomic mass is 9.95. The number of likely N-dealkylation sites (tertiary alicyclic amines) is 1. The van der Waals surface area contributed by atoms with Gasteiger partial charge in [0.2, 0.25) is 5.91 Å². The predicted octanol–water partition coefficient (Wildman–Crippen LogP) is 3.45. The first-order chi connectivity index (χ1) is 12.8. The third kappa shape index (κ3) is 7.14. The Kier molecular flexibility index (Phi) is 8.10. The van der Waals surface area contributed by atoms with Crippen molar-refractivity contribution in [1.29, 1.82) is 0 Å². The smallest absolute Gasteiger partial charge is 0.384 e. The van der Waals surface area contributed by atoms with Gasteiger partial charge in [0.15, 0.2) is 0 Å². The lowest BCUT2D eigenvalue weighted by Gasteiger charge is -2.34. The van der Waals surface area contributed by atoms with Crippen molar-refractivity contribution in [3.63, 3.8) is 0 Å². The summed E-state index contributed by atoms with van der Waals surface area (Å²) in [5.41, 5.74) is 0.135. The Morgan fingerprint density at radius 2 is 2.00 bits per heavy atom. The monoisotopic (exact) mass is 386 g/mol. The number of piperidine rings is 1. The highest BCUT2D eigenvalue weighted by molar-refractivity contribution is 5.75. The minimum atomic E-state index is -4.29. The number of hydrogen-bond acceptors (Lipinski definition) is 3. The second-order valence-corrected chi connectivity index (χ2v) is 7.25. The van der Waals surface area contributed by atoms with Gasteiger partial charge in [-0.1, -0.05) is 18.2 Å². The number of benzene rings is 1. The van der Waals surface area contributed by atoms with Gasteiger partial charge in [-0.05, 0) is 49.9 Å². The van der Waals surface area contributed by atoms with Gasteiger partial charge in [-0.15, -0.1) is 0 Å². The molecule has 0 bridgehead atoms. The molecule has 1 heterocycles. The van der Waals surface area contributed by atoms with Gasteiger partial charge in [0.05, 0.1) is 18.6 Å². The standard InChI is InChI=1S/C20H29F3N2O2/c1-24(19(26)9-13-27-2)15-17-7-11-25(12-8-17)10-6-16-4-3-5-18(14-16)20(21,22)23/h3-5,14,17H,6-13,15H2,1-2H3. The number of carbonyl (C=O) groups is 1. The molecule has 2 rings (SSSR count). The average molecular weight is 386 g/mol. The number of methoxy groups -OCH3 is 1. The molecule has 0 atom stereocenters. The quantitative estimate of drug-likeness (QED) is 0.686. The molecule has 0 radical (unpaired) electrons. The Morgan fingerprint density at radius 3 is 2.63 bits per heavy atom. The van der Waals surface area contributed by atoms with Crippen molar-refractivity contribution in [3.05, 3.63) is 35.4 Å². The van der Waals surface area contributed by atoms with E-state index < -0.39 is 11.7 Å². The van der Waals surface area contributed by atoms with Crippen molar-refractivity contribution < 1.29 is 22.7 Å². The number of alkyl halides is 3. The highest BCUT2D eigenvalue weighted by Gasteiger charge is 2.30. The van der Waals surface area contributed by atoms with Gasteiger partial charge >= 0.3 is 6.18 Å². The van der Waals surface area contributed by atoms with E-state index in [0.717, 1.165) is 50.7 Å². The third-order valence-electron chi connectivity index (χ3n) is 5.16. The van der Waals surface area contributed by atoms with Crippen LogP contribution in [0.1, 0.15) is 30.4 Å². The summed E-state index contributed by atoms with van der Waals surface area (Å²) < 4.78 is 43.3. The van der Waals surface area contributed by atoms with E-state index in [1.807, 2.05) is 7.05 Å². The van der Waals surface area contributed by atoms with E-state index in [2.05, 4.69) is 4.90 Å². The number of rotatable bonds is 8. The van der Waals surface area contributed by atoms with Crippen LogP contribution in [0.15, 0.2) is 24.3 Å². The second-order valence-electron chi connectivity index (χ2n) is 7.25. The van der Waals surface area contributed by atoms with Crippen LogP contribution in [0.3, 0.4) is 0 Å². The summed E-state index contributed by atoms with van der Waals surface area (Å²) in [5.74, 6) is 0.579. The molecule has 1 aliphatic heterocycles. The number of nitrogens with zero attached hydrogens (tertiary/aromatic N) is 2. The van der Waals surface area contributed by atoms with E-state index in [0.29, 0.717) is 25.4 Å². The zero-order valence-electron chi connectivity index (χ0n) is 16.1. The van der Waals surface area contributed by atoms with Gasteiger partial charge in [0.1, 0.15) is 0 Å². The van der Waals surface area contributed by atoms with Crippen molar-refractivity contribution in [1.82, 2.24) is 9.80 Å². The topological polar surface area (TPSA) is 32.8 Å². The molecule has 1 aromatic rings. The van der Waals surface area contributed by atoms with Crippen LogP contribution >= 0.6 is 0 Å². The molecule has 4 nitrogen and oxygen atoms in total. The number of amides is 1. The molecule has 0 N–H and O–H groups in total. The van der Waals surface area contributed by atoms with E-state index in [1.165, 1.54) is 12.1 Å². The summed E-state index contributed by atoms with van der Waals surface area (Å²) in [6, 6.07) is 5.58. The number of carbonyl (C=O) groups excluding carboxylic acids is 1.